The van der Waals surface area contributed by atoms with Crippen LogP contribution < -0.4 is 10.2 Å². The molecule has 1 fully saturated rings. The molecule has 3 heterocycles. The molecule has 0 atom stereocenters. The quantitative estimate of drug-likeness (QED) is 0.460. The highest BCUT2D eigenvalue weighted by Gasteiger charge is 2.28. The number of nitrogens with one attached hydrogen (secondary N) is 1. The van der Waals surface area contributed by atoms with E-state index in [0.717, 1.165) is 5.69 Å². The summed E-state index contributed by atoms with van der Waals surface area (Å²) >= 11 is 0. The van der Waals surface area contributed by atoms with Gasteiger partial charge in [0.25, 0.3) is 0 Å². The number of nitrogens with zero attached hydrogens (tertiary/aromatic N) is 4. The fourth-order valence-electron chi connectivity index (χ4n) is 4.02. The third-order valence-electron chi connectivity index (χ3n) is 5.88. The first-order chi connectivity index (χ1) is 14.9. The van der Waals surface area contributed by atoms with Gasteiger partial charge in [-0.1, -0.05) is 0 Å². The van der Waals surface area contributed by atoms with Gasteiger partial charge in [-0.15, -0.1) is 0 Å². The van der Waals surface area contributed by atoms with Crippen LogP contribution in [0.15, 0.2) is 48.9 Å². The number of aromatic nitrogens is 3. The third kappa shape index (κ3) is 3.59. The van der Waals surface area contributed by atoms with Crippen molar-refractivity contribution in [2.45, 2.75) is 25.4 Å². The van der Waals surface area contributed by atoms with Crippen LogP contribution in [0.4, 0.5) is 21.6 Å². The Bertz CT molecular complexity index is 1280. The molecule has 0 unspecified atom stereocenters. The molecule has 1 aliphatic rings. The van der Waals surface area contributed by atoms with Gasteiger partial charge in [0.05, 0.1) is 27.7 Å². The number of rotatable bonds is 3. The monoisotopic (exact) mass is 419 g/mol. The van der Waals surface area contributed by atoms with Crippen LogP contribution in [0.25, 0.3) is 21.8 Å². The highest BCUT2D eigenvalue weighted by atomic mass is 19.1. The van der Waals surface area contributed by atoms with Crippen molar-refractivity contribution in [2.75, 3.05) is 23.3 Å². The maximum atomic E-state index is 15.0. The fourth-order valence-corrected chi connectivity index (χ4v) is 4.02. The second-order valence-electron chi connectivity index (χ2n) is 8.19. The predicted molar refractivity (Wildman–Crippen MR) is 118 cm³/mol. The van der Waals surface area contributed by atoms with E-state index in [4.69, 9.17) is 0 Å². The van der Waals surface area contributed by atoms with Gasteiger partial charge in [0.15, 0.2) is 5.82 Å². The first kappa shape index (κ1) is 19.4. The van der Waals surface area contributed by atoms with Crippen molar-refractivity contribution in [1.82, 2.24) is 15.0 Å². The van der Waals surface area contributed by atoms with Crippen LogP contribution in [-0.4, -0.2) is 43.9 Å². The number of hydrogen-bond donors (Lipinski definition) is 3. The molecule has 0 bridgehead atoms. The van der Waals surface area contributed by atoms with Crippen LogP contribution in [0.3, 0.4) is 0 Å². The summed E-state index contributed by atoms with van der Waals surface area (Å²) in [6.45, 7) is 3.21. The Balaban J connectivity index is 1.51. The molecule has 0 radical (unpaired) electrons. The van der Waals surface area contributed by atoms with Crippen molar-refractivity contribution in [3.8, 4) is 5.75 Å². The second-order valence-corrected chi connectivity index (χ2v) is 8.19. The van der Waals surface area contributed by atoms with Gasteiger partial charge in [-0.2, -0.15) is 0 Å². The zero-order valence-corrected chi connectivity index (χ0v) is 17.0. The molecule has 2 aromatic carbocycles. The van der Waals surface area contributed by atoms with Gasteiger partial charge in [-0.05, 0) is 50.1 Å². The van der Waals surface area contributed by atoms with E-state index in [1.807, 2.05) is 13.0 Å². The van der Waals surface area contributed by atoms with E-state index in [2.05, 4.69) is 25.2 Å². The summed E-state index contributed by atoms with van der Waals surface area (Å²) in [5.41, 5.74) is 1.52. The van der Waals surface area contributed by atoms with Crippen LogP contribution in [0.1, 0.15) is 19.8 Å². The first-order valence-electron chi connectivity index (χ1n) is 10.2. The molecule has 1 saturated heterocycles. The van der Waals surface area contributed by atoms with Crippen molar-refractivity contribution in [3.05, 3.63) is 54.7 Å². The van der Waals surface area contributed by atoms with Gasteiger partial charge >= 0.3 is 0 Å². The summed E-state index contributed by atoms with van der Waals surface area (Å²) in [7, 11) is 0. The summed E-state index contributed by atoms with van der Waals surface area (Å²) in [6.07, 6.45) is 4.30. The number of aliphatic hydroxyl groups is 1. The minimum absolute atomic E-state index is 0.01000. The van der Waals surface area contributed by atoms with E-state index in [9.17, 15) is 14.6 Å². The van der Waals surface area contributed by atoms with E-state index < -0.39 is 11.4 Å². The number of hydrogen-bond acceptors (Lipinski definition) is 7. The van der Waals surface area contributed by atoms with Gasteiger partial charge < -0.3 is 20.4 Å². The van der Waals surface area contributed by atoms with Crippen molar-refractivity contribution in [1.29, 1.82) is 0 Å². The molecule has 2 aromatic heterocycles. The fraction of sp³-hybridized carbons (Fsp3) is 0.261. The Morgan fingerprint density at radius 2 is 1.87 bits per heavy atom. The van der Waals surface area contributed by atoms with Crippen molar-refractivity contribution >= 4 is 39.0 Å². The SMILES string of the molecule is CC1(O)CCN(c2cc(O)c3c(Nc4ccc5ncccc5c4F)ncnc3c2)CC1. The number of phenolic OH excluding ortho intramolecular Hbond substituents is 1. The number of fused-ring (bicyclic) bond motifs is 2. The summed E-state index contributed by atoms with van der Waals surface area (Å²) in [5.74, 6) is -0.109. The molecule has 1 aliphatic heterocycles. The van der Waals surface area contributed by atoms with Gasteiger partial charge in [-0.3, -0.25) is 4.98 Å². The number of phenols is 1. The highest BCUT2D eigenvalue weighted by molar-refractivity contribution is 5.98. The number of pyridine rings is 1. The lowest BCUT2D eigenvalue weighted by Crippen LogP contribution is -2.42. The van der Waals surface area contributed by atoms with Gasteiger partial charge in [0.2, 0.25) is 0 Å². The van der Waals surface area contributed by atoms with Crippen LogP contribution in [0.2, 0.25) is 0 Å². The third-order valence-corrected chi connectivity index (χ3v) is 5.88. The lowest BCUT2D eigenvalue weighted by molar-refractivity contribution is 0.0351. The molecule has 0 aliphatic carbocycles. The highest BCUT2D eigenvalue weighted by Crippen LogP contribution is 2.37. The molecule has 0 amide bonds. The Kier molecular flexibility index (Phi) is 4.59. The molecule has 7 nitrogen and oxygen atoms in total. The Hall–Kier alpha value is -3.52. The standard InChI is InChI=1S/C23H22FN5O2/c1-23(31)6-9-29(10-7-23)14-11-18-20(19(30)12-14)22(27-13-26-18)28-17-5-4-16-15(21(17)24)3-2-8-25-16/h2-5,8,11-13,30-31H,6-7,9-10H2,1H3,(H,26,27,28). The molecular weight excluding hydrogens is 397 g/mol. The average Bonchev–Trinajstić information content (AvgIpc) is 2.75. The van der Waals surface area contributed by atoms with Crippen LogP contribution in [0.5, 0.6) is 5.75 Å². The summed E-state index contributed by atoms with van der Waals surface area (Å²) < 4.78 is 15.0. The van der Waals surface area contributed by atoms with Gasteiger partial charge in [-0.25, -0.2) is 14.4 Å². The molecule has 31 heavy (non-hydrogen) atoms. The van der Waals surface area contributed by atoms with E-state index in [-0.39, 0.29) is 11.4 Å². The molecular formula is C23H22FN5O2. The summed E-state index contributed by atoms with van der Waals surface area (Å²) in [5, 5.41) is 24.8. The Morgan fingerprint density at radius 1 is 1.06 bits per heavy atom. The van der Waals surface area contributed by atoms with E-state index in [0.29, 0.717) is 53.6 Å². The topological polar surface area (TPSA) is 94.4 Å². The molecule has 5 rings (SSSR count). The number of piperidine rings is 1. The minimum Gasteiger partial charge on any atom is -0.507 e. The number of aromatic hydroxyl groups is 1. The van der Waals surface area contributed by atoms with Crippen LogP contribution in [0, 0.1) is 5.82 Å². The average molecular weight is 419 g/mol. The number of benzene rings is 2. The molecule has 4 aromatic rings. The lowest BCUT2D eigenvalue weighted by atomic mass is 9.93. The lowest BCUT2D eigenvalue weighted by Gasteiger charge is -2.37. The zero-order valence-electron chi connectivity index (χ0n) is 17.0. The summed E-state index contributed by atoms with van der Waals surface area (Å²) in [6, 6.07) is 10.2. The second kappa shape index (κ2) is 7.31. The van der Waals surface area contributed by atoms with Crippen molar-refractivity contribution in [2.24, 2.45) is 0 Å². The van der Waals surface area contributed by atoms with Crippen LogP contribution in [-0.2, 0) is 0 Å². The van der Waals surface area contributed by atoms with Gasteiger partial charge in [0.1, 0.15) is 17.9 Å². The number of halogens is 1. The van der Waals surface area contributed by atoms with E-state index in [1.54, 1.807) is 36.5 Å². The largest absolute Gasteiger partial charge is 0.507 e. The van der Waals surface area contributed by atoms with Crippen LogP contribution >= 0.6 is 0 Å². The Morgan fingerprint density at radius 3 is 2.68 bits per heavy atom. The molecule has 158 valence electrons. The minimum atomic E-state index is -0.659. The van der Waals surface area contributed by atoms with Crippen molar-refractivity contribution < 1.29 is 14.6 Å². The molecule has 0 spiro atoms. The van der Waals surface area contributed by atoms with Gasteiger partial charge in [0, 0.05) is 36.4 Å². The van der Waals surface area contributed by atoms with E-state index >= 15 is 0 Å². The maximum absolute atomic E-state index is 15.0. The molecule has 3 N–H and O–H groups in total. The normalized spacial score (nSPS) is 16.0. The molecule has 8 heteroatoms. The van der Waals surface area contributed by atoms with Crippen molar-refractivity contribution in [3.63, 3.8) is 0 Å². The molecule has 0 saturated carbocycles. The maximum Gasteiger partial charge on any atom is 0.156 e. The summed E-state index contributed by atoms with van der Waals surface area (Å²) in [4.78, 5) is 14.8. The smallest absolute Gasteiger partial charge is 0.156 e. The number of anilines is 3. The Labute approximate surface area is 178 Å². The first-order valence-corrected chi connectivity index (χ1v) is 10.2. The predicted octanol–water partition coefficient (Wildman–Crippen LogP) is 4.12. The van der Waals surface area contributed by atoms with E-state index in [1.165, 1.54) is 6.33 Å². The zero-order chi connectivity index (χ0) is 21.6.